The van der Waals surface area contributed by atoms with Crippen LogP contribution in [0.4, 0.5) is 29.3 Å². The van der Waals surface area contributed by atoms with E-state index in [1.165, 1.54) is 36.4 Å². The molecule has 0 saturated heterocycles. The summed E-state index contributed by atoms with van der Waals surface area (Å²) in [7, 11) is 0. The van der Waals surface area contributed by atoms with Gasteiger partial charge in [0.05, 0.1) is 11.7 Å². The lowest BCUT2D eigenvalue weighted by atomic mass is 9.88. The fraction of sp³-hybridized carbons (Fsp3) is 0.192. The van der Waals surface area contributed by atoms with E-state index in [0.717, 1.165) is 35.4 Å². The van der Waals surface area contributed by atoms with E-state index >= 15 is 0 Å². The lowest BCUT2D eigenvalue weighted by molar-refractivity contribution is -0.137. The molecule has 4 nitrogen and oxygen atoms in total. The van der Waals surface area contributed by atoms with Crippen LogP contribution in [0.3, 0.4) is 0 Å². The Morgan fingerprint density at radius 1 is 0.941 bits per heavy atom. The molecule has 0 fully saturated rings. The normalized spacial score (nSPS) is 15.7. The van der Waals surface area contributed by atoms with E-state index < -0.39 is 23.7 Å². The van der Waals surface area contributed by atoms with Crippen molar-refractivity contribution < 1.29 is 27.1 Å². The van der Waals surface area contributed by atoms with Crippen molar-refractivity contribution in [2.75, 3.05) is 5.32 Å². The summed E-state index contributed by atoms with van der Waals surface area (Å²) in [6.45, 7) is 0. The van der Waals surface area contributed by atoms with Crippen LogP contribution in [-0.4, -0.2) is 16.2 Å². The van der Waals surface area contributed by atoms with Gasteiger partial charge in [-0.15, -0.1) is 0 Å². The van der Waals surface area contributed by atoms with Crippen molar-refractivity contribution in [3.63, 3.8) is 0 Å². The number of aryl methyl sites for hydroxylation is 1. The van der Waals surface area contributed by atoms with Crippen molar-refractivity contribution in [2.24, 2.45) is 0 Å². The van der Waals surface area contributed by atoms with Gasteiger partial charge in [0, 0.05) is 23.2 Å². The van der Waals surface area contributed by atoms with Gasteiger partial charge in [-0.3, -0.25) is 0 Å². The molecular formula is C26H20F4N2O2. The number of fused-ring (bicyclic) bond motifs is 1. The second-order valence-corrected chi connectivity index (χ2v) is 8.24. The number of aliphatic hydroxyl groups is 1. The summed E-state index contributed by atoms with van der Waals surface area (Å²) in [5, 5.41) is 13.3. The number of hydrogen-bond donors (Lipinski definition) is 2. The maximum atomic E-state index is 13.5. The van der Waals surface area contributed by atoms with Crippen LogP contribution < -0.4 is 5.32 Å². The van der Waals surface area contributed by atoms with Gasteiger partial charge in [0.25, 0.3) is 6.01 Å². The molecule has 1 aliphatic carbocycles. The minimum atomic E-state index is -4.45. The Hall–Kier alpha value is -3.65. The summed E-state index contributed by atoms with van der Waals surface area (Å²) in [5.74, 6) is -0.163. The van der Waals surface area contributed by atoms with Crippen molar-refractivity contribution in [3.8, 4) is 22.6 Å². The highest BCUT2D eigenvalue weighted by molar-refractivity contribution is 5.79. The molecule has 0 bridgehead atoms. The van der Waals surface area contributed by atoms with Gasteiger partial charge in [0.15, 0.2) is 5.76 Å². The average Bonchev–Trinajstić information content (AvgIpc) is 3.23. The highest BCUT2D eigenvalue weighted by Crippen LogP contribution is 2.38. The standard InChI is InChI=1S/C26H20F4N2O2/c27-19-11-6-16(7-12-19)23-24(17-4-9-18(10-5-17)26(28,29)30)34-25(32-23)31-22-3-1-2-15-8-13-20(33)14-21(15)22/h1-7,9-12,20,33H,8,13-14H2,(H,31,32). The summed E-state index contributed by atoms with van der Waals surface area (Å²) in [6.07, 6.45) is -2.94. The number of nitrogens with one attached hydrogen (secondary N) is 1. The first kappa shape index (κ1) is 22.2. The number of aromatic nitrogens is 1. The van der Waals surface area contributed by atoms with Gasteiger partial charge >= 0.3 is 6.18 Å². The molecule has 1 atom stereocenters. The monoisotopic (exact) mass is 468 g/mol. The quantitative estimate of drug-likeness (QED) is 0.325. The Balaban J connectivity index is 1.56. The van der Waals surface area contributed by atoms with Crippen molar-refractivity contribution in [2.45, 2.75) is 31.5 Å². The average molecular weight is 468 g/mol. The number of hydrogen-bond acceptors (Lipinski definition) is 4. The highest BCUT2D eigenvalue weighted by Gasteiger charge is 2.30. The zero-order valence-corrected chi connectivity index (χ0v) is 17.9. The third-order valence-electron chi connectivity index (χ3n) is 5.92. The summed E-state index contributed by atoms with van der Waals surface area (Å²) < 4.78 is 58.5. The Labute approximate surface area is 192 Å². The number of aliphatic hydroxyl groups excluding tert-OH is 1. The maximum Gasteiger partial charge on any atom is 0.416 e. The van der Waals surface area contributed by atoms with E-state index in [9.17, 15) is 22.7 Å². The van der Waals surface area contributed by atoms with E-state index in [4.69, 9.17) is 4.42 Å². The minimum absolute atomic E-state index is 0.141. The molecule has 0 aliphatic heterocycles. The molecule has 0 radical (unpaired) electrons. The first-order chi connectivity index (χ1) is 16.3. The van der Waals surface area contributed by atoms with Gasteiger partial charge in [0.2, 0.25) is 0 Å². The van der Waals surface area contributed by atoms with Crippen LogP contribution in [0, 0.1) is 5.82 Å². The summed E-state index contributed by atoms with van der Waals surface area (Å²) in [6, 6.07) is 16.1. The van der Waals surface area contributed by atoms with Gasteiger partial charge in [-0.2, -0.15) is 18.2 Å². The molecular weight excluding hydrogens is 448 g/mol. The Bertz CT molecular complexity index is 1310. The molecule has 3 aromatic carbocycles. The van der Waals surface area contributed by atoms with Gasteiger partial charge in [-0.1, -0.05) is 24.3 Å². The topological polar surface area (TPSA) is 58.3 Å². The predicted octanol–water partition coefficient (Wildman–Crippen LogP) is 6.76. The molecule has 8 heteroatoms. The van der Waals surface area contributed by atoms with Gasteiger partial charge < -0.3 is 14.8 Å². The Kier molecular flexibility index (Phi) is 5.61. The van der Waals surface area contributed by atoms with E-state index in [1.54, 1.807) is 0 Å². The highest BCUT2D eigenvalue weighted by atomic mass is 19.4. The summed E-state index contributed by atoms with van der Waals surface area (Å²) >= 11 is 0. The van der Waals surface area contributed by atoms with Crippen molar-refractivity contribution >= 4 is 11.7 Å². The summed E-state index contributed by atoms with van der Waals surface area (Å²) in [5.41, 5.74) is 3.39. The molecule has 1 aromatic heterocycles. The van der Waals surface area contributed by atoms with Crippen LogP contribution in [0.2, 0.25) is 0 Å². The SMILES string of the molecule is OC1CCc2cccc(Nc3nc(-c4ccc(F)cc4)c(-c4ccc(C(F)(F)F)cc4)o3)c2C1. The number of anilines is 2. The number of halogens is 4. The lowest BCUT2D eigenvalue weighted by Gasteiger charge is -2.23. The van der Waals surface area contributed by atoms with Crippen LogP contribution in [0.25, 0.3) is 22.6 Å². The Morgan fingerprint density at radius 3 is 2.35 bits per heavy atom. The van der Waals surface area contributed by atoms with Crippen LogP contribution in [0.1, 0.15) is 23.1 Å². The smallest absolute Gasteiger partial charge is 0.416 e. The fourth-order valence-electron chi connectivity index (χ4n) is 4.19. The molecule has 34 heavy (non-hydrogen) atoms. The largest absolute Gasteiger partial charge is 0.423 e. The second-order valence-electron chi connectivity index (χ2n) is 8.24. The molecule has 0 spiro atoms. The fourth-order valence-corrected chi connectivity index (χ4v) is 4.19. The number of benzene rings is 3. The van der Waals surface area contributed by atoms with Gasteiger partial charge in [-0.05, 0) is 66.4 Å². The number of rotatable bonds is 4. The van der Waals surface area contributed by atoms with E-state index in [-0.39, 0.29) is 11.8 Å². The Morgan fingerprint density at radius 2 is 1.65 bits per heavy atom. The minimum Gasteiger partial charge on any atom is -0.423 e. The van der Waals surface area contributed by atoms with Crippen LogP contribution in [-0.2, 0) is 19.0 Å². The molecule has 1 unspecified atom stereocenters. The molecule has 2 N–H and O–H groups in total. The zero-order chi connectivity index (χ0) is 23.9. The third-order valence-corrected chi connectivity index (χ3v) is 5.92. The van der Waals surface area contributed by atoms with E-state index in [1.807, 2.05) is 18.2 Å². The molecule has 174 valence electrons. The van der Waals surface area contributed by atoms with Gasteiger partial charge in [-0.25, -0.2) is 4.39 Å². The number of nitrogens with zero attached hydrogens (tertiary/aromatic N) is 1. The van der Waals surface area contributed by atoms with Crippen molar-refractivity contribution in [1.29, 1.82) is 0 Å². The molecule has 5 rings (SSSR count). The van der Waals surface area contributed by atoms with Crippen LogP contribution in [0.15, 0.2) is 71.1 Å². The number of oxazole rings is 1. The second kappa shape index (κ2) is 8.61. The van der Waals surface area contributed by atoms with E-state index in [0.29, 0.717) is 29.7 Å². The zero-order valence-electron chi connectivity index (χ0n) is 17.9. The van der Waals surface area contributed by atoms with Crippen LogP contribution >= 0.6 is 0 Å². The van der Waals surface area contributed by atoms with E-state index in [2.05, 4.69) is 10.3 Å². The predicted molar refractivity (Wildman–Crippen MR) is 120 cm³/mol. The summed E-state index contributed by atoms with van der Waals surface area (Å²) in [4.78, 5) is 4.54. The van der Waals surface area contributed by atoms with Crippen molar-refractivity contribution in [1.82, 2.24) is 4.98 Å². The molecule has 1 heterocycles. The molecule has 0 saturated carbocycles. The first-order valence-corrected chi connectivity index (χ1v) is 10.8. The van der Waals surface area contributed by atoms with Crippen LogP contribution in [0.5, 0.6) is 0 Å². The third kappa shape index (κ3) is 4.41. The molecule has 0 amide bonds. The lowest BCUT2D eigenvalue weighted by Crippen LogP contribution is -2.19. The van der Waals surface area contributed by atoms with Crippen molar-refractivity contribution in [3.05, 3.63) is 89.2 Å². The number of alkyl halides is 3. The maximum absolute atomic E-state index is 13.5. The van der Waals surface area contributed by atoms with Gasteiger partial charge in [0.1, 0.15) is 11.5 Å². The molecule has 1 aliphatic rings. The first-order valence-electron chi connectivity index (χ1n) is 10.8. The molecule has 4 aromatic rings.